The molecule has 100 valence electrons. The number of carboxylic acids is 1. The van der Waals surface area contributed by atoms with Crippen LogP contribution < -0.4 is 5.32 Å². The number of aliphatic hydroxyl groups is 1. The van der Waals surface area contributed by atoms with E-state index in [4.69, 9.17) is 5.11 Å². The summed E-state index contributed by atoms with van der Waals surface area (Å²) < 4.78 is 0. The molecule has 0 aromatic heterocycles. The van der Waals surface area contributed by atoms with E-state index in [9.17, 15) is 9.90 Å². The van der Waals surface area contributed by atoms with Crippen LogP contribution >= 0.6 is 0 Å². The molecule has 0 aromatic carbocycles. The van der Waals surface area contributed by atoms with Gasteiger partial charge < -0.3 is 15.5 Å². The molecule has 4 nitrogen and oxygen atoms in total. The van der Waals surface area contributed by atoms with Crippen molar-refractivity contribution in [2.75, 3.05) is 6.54 Å². The van der Waals surface area contributed by atoms with E-state index in [0.29, 0.717) is 13.0 Å². The van der Waals surface area contributed by atoms with E-state index in [-0.39, 0.29) is 12.0 Å². The highest BCUT2D eigenvalue weighted by molar-refractivity contribution is 5.73. The van der Waals surface area contributed by atoms with E-state index in [2.05, 4.69) is 12.2 Å². The van der Waals surface area contributed by atoms with Crippen molar-refractivity contribution in [3.05, 3.63) is 0 Å². The maximum atomic E-state index is 11.0. The fourth-order valence-corrected chi connectivity index (χ4v) is 2.44. The second-order valence-electron chi connectivity index (χ2n) is 5.05. The zero-order valence-corrected chi connectivity index (χ0v) is 10.7. The summed E-state index contributed by atoms with van der Waals surface area (Å²) in [6.07, 6.45) is 6.47. The molecule has 0 spiro atoms. The third kappa shape index (κ3) is 5.04. The SMILES string of the molecule is CCCCC(NCC1CCCCC1O)C(=O)O. The van der Waals surface area contributed by atoms with Gasteiger partial charge in [0.15, 0.2) is 0 Å². The molecule has 1 fully saturated rings. The van der Waals surface area contributed by atoms with Gasteiger partial charge in [-0.1, -0.05) is 32.6 Å². The number of rotatable bonds is 7. The highest BCUT2D eigenvalue weighted by Crippen LogP contribution is 2.23. The predicted octanol–water partition coefficient (Wildman–Crippen LogP) is 1.77. The number of carboxylic acid groups (broad SMARTS) is 1. The molecule has 0 heterocycles. The predicted molar refractivity (Wildman–Crippen MR) is 66.9 cm³/mol. The standard InChI is InChI=1S/C13H25NO3/c1-2-3-7-11(13(16)17)14-9-10-6-4-5-8-12(10)15/h10-12,14-15H,2-9H2,1H3,(H,16,17). The zero-order chi connectivity index (χ0) is 12.7. The van der Waals surface area contributed by atoms with Gasteiger partial charge in [0.1, 0.15) is 6.04 Å². The number of hydrogen-bond acceptors (Lipinski definition) is 3. The fourth-order valence-electron chi connectivity index (χ4n) is 2.44. The molecule has 0 amide bonds. The van der Waals surface area contributed by atoms with E-state index in [1.807, 2.05) is 0 Å². The van der Waals surface area contributed by atoms with Gasteiger partial charge in [0.05, 0.1) is 6.10 Å². The van der Waals surface area contributed by atoms with E-state index in [0.717, 1.165) is 38.5 Å². The summed E-state index contributed by atoms with van der Waals surface area (Å²) in [5, 5.41) is 22.0. The molecule has 1 aliphatic rings. The summed E-state index contributed by atoms with van der Waals surface area (Å²) in [4.78, 5) is 11.0. The van der Waals surface area contributed by atoms with Crippen molar-refractivity contribution in [2.24, 2.45) is 5.92 Å². The van der Waals surface area contributed by atoms with Gasteiger partial charge in [0.25, 0.3) is 0 Å². The molecular formula is C13H25NO3. The molecule has 0 radical (unpaired) electrons. The maximum Gasteiger partial charge on any atom is 0.320 e. The largest absolute Gasteiger partial charge is 0.480 e. The number of nitrogens with one attached hydrogen (secondary N) is 1. The molecule has 0 aromatic rings. The van der Waals surface area contributed by atoms with Gasteiger partial charge in [-0.3, -0.25) is 4.79 Å². The topological polar surface area (TPSA) is 69.6 Å². The number of carbonyl (C=O) groups is 1. The lowest BCUT2D eigenvalue weighted by molar-refractivity contribution is -0.139. The van der Waals surface area contributed by atoms with Crippen molar-refractivity contribution >= 4 is 5.97 Å². The number of unbranched alkanes of at least 4 members (excludes halogenated alkanes) is 1. The van der Waals surface area contributed by atoms with Crippen LogP contribution in [-0.2, 0) is 4.79 Å². The molecule has 17 heavy (non-hydrogen) atoms. The third-order valence-electron chi connectivity index (χ3n) is 3.64. The fraction of sp³-hybridized carbons (Fsp3) is 0.923. The minimum absolute atomic E-state index is 0.229. The Kier molecular flexibility index (Phi) is 6.52. The van der Waals surface area contributed by atoms with Crippen molar-refractivity contribution < 1.29 is 15.0 Å². The smallest absolute Gasteiger partial charge is 0.320 e. The monoisotopic (exact) mass is 243 g/mol. The van der Waals surface area contributed by atoms with Crippen molar-refractivity contribution in [1.82, 2.24) is 5.32 Å². The van der Waals surface area contributed by atoms with Crippen molar-refractivity contribution in [3.8, 4) is 0 Å². The van der Waals surface area contributed by atoms with Gasteiger partial charge in [0, 0.05) is 6.54 Å². The average Bonchev–Trinajstić information content (AvgIpc) is 2.31. The van der Waals surface area contributed by atoms with Gasteiger partial charge >= 0.3 is 5.97 Å². The minimum atomic E-state index is -0.774. The Morgan fingerprint density at radius 3 is 2.71 bits per heavy atom. The Hall–Kier alpha value is -0.610. The van der Waals surface area contributed by atoms with E-state index in [1.54, 1.807) is 0 Å². The second kappa shape index (κ2) is 7.67. The lowest BCUT2D eigenvalue weighted by Crippen LogP contribution is -2.42. The molecule has 4 heteroatoms. The molecule has 1 saturated carbocycles. The van der Waals surface area contributed by atoms with Crippen molar-refractivity contribution in [3.63, 3.8) is 0 Å². The van der Waals surface area contributed by atoms with Crippen LogP contribution in [0.4, 0.5) is 0 Å². The summed E-state index contributed by atoms with van der Waals surface area (Å²) in [6.45, 7) is 2.69. The Morgan fingerprint density at radius 2 is 2.12 bits per heavy atom. The van der Waals surface area contributed by atoms with Gasteiger partial charge in [-0.15, -0.1) is 0 Å². The molecule has 3 unspecified atom stereocenters. The summed E-state index contributed by atoms with van der Waals surface area (Å²) in [5.41, 5.74) is 0. The van der Waals surface area contributed by atoms with Crippen LogP contribution in [0.2, 0.25) is 0 Å². The van der Waals surface area contributed by atoms with Crippen LogP contribution in [0.3, 0.4) is 0 Å². The first kappa shape index (κ1) is 14.5. The highest BCUT2D eigenvalue weighted by atomic mass is 16.4. The van der Waals surface area contributed by atoms with E-state index >= 15 is 0 Å². The van der Waals surface area contributed by atoms with Crippen LogP contribution in [0.1, 0.15) is 51.9 Å². The quantitative estimate of drug-likeness (QED) is 0.637. The molecule has 1 rings (SSSR count). The van der Waals surface area contributed by atoms with Gasteiger partial charge in [-0.05, 0) is 25.2 Å². The first-order chi connectivity index (χ1) is 8.15. The van der Waals surface area contributed by atoms with Crippen LogP contribution in [-0.4, -0.2) is 34.9 Å². The Labute approximate surface area is 103 Å². The Morgan fingerprint density at radius 1 is 1.41 bits per heavy atom. The van der Waals surface area contributed by atoms with Crippen molar-refractivity contribution in [1.29, 1.82) is 0 Å². The molecule has 0 aliphatic heterocycles. The number of hydrogen-bond donors (Lipinski definition) is 3. The van der Waals surface area contributed by atoms with Crippen molar-refractivity contribution in [2.45, 2.75) is 64.0 Å². The summed E-state index contributed by atoms with van der Waals surface area (Å²) >= 11 is 0. The maximum absolute atomic E-state index is 11.0. The number of aliphatic carboxylic acids is 1. The third-order valence-corrected chi connectivity index (χ3v) is 3.64. The van der Waals surface area contributed by atoms with Crippen LogP contribution in [0.25, 0.3) is 0 Å². The second-order valence-corrected chi connectivity index (χ2v) is 5.05. The summed E-state index contributed by atoms with van der Waals surface area (Å²) in [6, 6.07) is -0.455. The molecule has 0 saturated heterocycles. The van der Waals surface area contributed by atoms with E-state index < -0.39 is 12.0 Å². The minimum Gasteiger partial charge on any atom is -0.480 e. The molecule has 3 atom stereocenters. The molecule has 3 N–H and O–H groups in total. The van der Waals surface area contributed by atoms with Gasteiger partial charge in [0.2, 0.25) is 0 Å². The lowest BCUT2D eigenvalue weighted by atomic mass is 9.86. The number of aliphatic hydroxyl groups excluding tert-OH is 1. The average molecular weight is 243 g/mol. The highest BCUT2D eigenvalue weighted by Gasteiger charge is 2.25. The summed E-state index contributed by atoms with van der Waals surface area (Å²) in [7, 11) is 0. The van der Waals surface area contributed by atoms with Crippen LogP contribution in [0, 0.1) is 5.92 Å². The Bertz CT molecular complexity index is 233. The normalized spacial score (nSPS) is 26.7. The van der Waals surface area contributed by atoms with Gasteiger partial charge in [-0.25, -0.2) is 0 Å². The van der Waals surface area contributed by atoms with Crippen LogP contribution in [0.5, 0.6) is 0 Å². The summed E-state index contributed by atoms with van der Waals surface area (Å²) in [5.74, 6) is -0.545. The van der Waals surface area contributed by atoms with Crippen LogP contribution in [0.15, 0.2) is 0 Å². The Balaban J connectivity index is 2.31. The molecule has 0 bridgehead atoms. The first-order valence-electron chi connectivity index (χ1n) is 6.79. The lowest BCUT2D eigenvalue weighted by Gasteiger charge is -2.28. The molecular weight excluding hydrogens is 218 g/mol. The zero-order valence-electron chi connectivity index (χ0n) is 10.7. The first-order valence-corrected chi connectivity index (χ1v) is 6.79. The van der Waals surface area contributed by atoms with E-state index in [1.165, 1.54) is 0 Å². The molecule has 1 aliphatic carbocycles. The van der Waals surface area contributed by atoms with Gasteiger partial charge in [-0.2, -0.15) is 0 Å².